The highest BCUT2D eigenvalue weighted by Crippen LogP contribution is 2.28. The molecule has 1 fully saturated rings. The van der Waals surface area contributed by atoms with E-state index in [1.807, 2.05) is 0 Å². The molecule has 106 valence electrons. The smallest absolute Gasteiger partial charge is 0.255 e. The highest BCUT2D eigenvalue weighted by molar-refractivity contribution is 7.10. The highest BCUT2D eigenvalue weighted by Gasteiger charge is 2.24. The van der Waals surface area contributed by atoms with Gasteiger partial charge < -0.3 is 5.32 Å². The predicted molar refractivity (Wildman–Crippen MR) is 78.3 cm³/mol. The van der Waals surface area contributed by atoms with Crippen LogP contribution in [0.25, 0.3) is 0 Å². The van der Waals surface area contributed by atoms with Crippen molar-refractivity contribution in [1.82, 2.24) is 14.9 Å². The van der Waals surface area contributed by atoms with Crippen molar-refractivity contribution in [2.45, 2.75) is 18.9 Å². The maximum atomic E-state index is 13.5. The van der Waals surface area contributed by atoms with Gasteiger partial charge in [0.05, 0.1) is 6.04 Å². The molecule has 2 aromatic rings. The third kappa shape index (κ3) is 2.96. The molecule has 1 atom stereocenters. The number of halogens is 1. The molecule has 1 N–H and O–H groups in total. The summed E-state index contributed by atoms with van der Waals surface area (Å²) in [5.74, 6) is -0.313. The van der Waals surface area contributed by atoms with Gasteiger partial charge in [-0.05, 0) is 37.4 Å². The van der Waals surface area contributed by atoms with Gasteiger partial charge in [-0.15, -0.1) is 11.3 Å². The number of rotatable bonds is 5. The SMILES string of the molecule is Fc1nccnc1NCC(c1cccs1)N1CCCC1. The van der Waals surface area contributed by atoms with Gasteiger partial charge in [0.1, 0.15) is 0 Å². The summed E-state index contributed by atoms with van der Waals surface area (Å²) < 4.78 is 13.5. The summed E-state index contributed by atoms with van der Waals surface area (Å²) in [6.45, 7) is 2.86. The second-order valence-electron chi connectivity index (χ2n) is 4.85. The van der Waals surface area contributed by atoms with Crippen LogP contribution >= 0.6 is 11.3 Å². The summed E-state index contributed by atoms with van der Waals surface area (Å²) in [6.07, 6.45) is 5.34. The Labute approximate surface area is 121 Å². The van der Waals surface area contributed by atoms with Crippen molar-refractivity contribution in [3.05, 3.63) is 40.7 Å². The van der Waals surface area contributed by atoms with E-state index in [1.54, 1.807) is 11.3 Å². The van der Waals surface area contributed by atoms with Crippen molar-refractivity contribution in [3.8, 4) is 0 Å². The van der Waals surface area contributed by atoms with Gasteiger partial charge in [-0.3, -0.25) is 4.90 Å². The molecule has 2 aromatic heterocycles. The van der Waals surface area contributed by atoms with Crippen LogP contribution in [0.3, 0.4) is 0 Å². The van der Waals surface area contributed by atoms with E-state index < -0.39 is 5.95 Å². The van der Waals surface area contributed by atoms with E-state index in [9.17, 15) is 4.39 Å². The van der Waals surface area contributed by atoms with Crippen molar-refractivity contribution < 1.29 is 4.39 Å². The zero-order valence-electron chi connectivity index (χ0n) is 11.1. The molecule has 0 saturated carbocycles. The van der Waals surface area contributed by atoms with Crippen LogP contribution in [-0.2, 0) is 0 Å². The quantitative estimate of drug-likeness (QED) is 0.920. The molecule has 0 aromatic carbocycles. The molecule has 1 saturated heterocycles. The number of aromatic nitrogens is 2. The molecule has 3 heterocycles. The molecule has 0 bridgehead atoms. The number of nitrogens with one attached hydrogen (secondary N) is 1. The van der Waals surface area contributed by atoms with E-state index in [4.69, 9.17) is 0 Å². The van der Waals surface area contributed by atoms with Crippen LogP contribution in [0, 0.1) is 5.95 Å². The first-order valence-corrected chi connectivity index (χ1v) is 7.70. The third-order valence-corrected chi connectivity index (χ3v) is 4.54. The summed E-state index contributed by atoms with van der Waals surface area (Å²) in [4.78, 5) is 11.4. The largest absolute Gasteiger partial charge is 0.364 e. The Morgan fingerprint density at radius 3 is 2.80 bits per heavy atom. The molecular formula is C14H17FN4S. The van der Waals surface area contributed by atoms with E-state index in [-0.39, 0.29) is 11.9 Å². The van der Waals surface area contributed by atoms with Gasteiger partial charge in [0, 0.05) is 23.8 Å². The van der Waals surface area contributed by atoms with Crippen molar-refractivity contribution in [2.24, 2.45) is 0 Å². The molecule has 1 aliphatic rings. The lowest BCUT2D eigenvalue weighted by Crippen LogP contribution is -2.30. The van der Waals surface area contributed by atoms with Crippen molar-refractivity contribution >= 4 is 17.2 Å². The van der Waals surface area contributed by atoms with Crippen LogP contribution in [-0.4, -0.2) is 34.5 Å². The average molecular weight is 292 g/mol. The monoisotopic (exact) mass is 292 g/mol. The van der Waals surface area contributed by atoms with Crippen molar-refractivity contribution in [1.29, 1.82) is 0 Å². The number of nitrogens with zero attached hydrogens (tertiary/aromatic N) is 3. The Morgan fingerprint density at radius 1 is 1.30 bits per heavy atom. The maximum absolute atomic E-state index is 13.5. The second kappa shape index (κ2) is 6.28. The zero-order valence-corrected chi connectivity index (χ0v) is 11.9. The molecule has 1 unspecified atom stereocenters. The molecule has 4 nitrogen and oxygen atoms in total. The molecule has 0 spiro atoms. The first-order valence-electron chi connectivity index (χ1n) is 6.82. The number of anilines is 1. The lowest BCUT2D eigenvalue weighted by molar-refractivity contribution is 0.259. The van der Waals surface area contributed by atoms with Gasteiger partial charge in [0.15, 0.2) is 5.82 Å². The van der Waals surface area contributed by atoms with Gasteiger partial charge in [0.25, 0.3) is 5.95 Å². The average Bonchev–Trinajstić information content (AvgIpc) is 3.14. The molecule has 0 aliphatic carbocycles. The molecule has 0 radical (unpaired) electrons. The molecule has 0 amide bonds. The zero-order chi connectivity index (χ0) is 13.8. The van der Waals surface area contributed by atoms with Gasteiger partial charge in [-0.25, -0.2) is 9.97 Å². The summed E-state index contributed by atoms with van der Waals surface area (Å²) in [6, 6.07) is 4.48. The Balaban J connectivity index is 1.72. The lowest BCUT2D eigenvalue weighted by Gasteiger charge is -2.27. The van der Waals surface area contributed by atoms with E-state index in [0.29, 0.717) is 6.54 Å². The highest BCUT2D eigenvalue weighted by atomic mass is 32.1. The summed E-state index contributed by atoms with van der Waals surface area (Å²) >= 11 is 1.75. The van der Waals surface area contributed by atoms with Crippen LogP contribution in [0.15, 0.2) is 29.9 Å². The Morgan fingerprint density at radius 2 is 2.10 bits per heavy atom. The minimum Gasteiger partial charge on any atom is -0.364 e. The normalized spacial score (nSPS) is 17.2. The van der Waals surface area contributed by atoms with Crippen molar-refractivity contribution in [3.63, 3.8) is 0 Å². The Hall–Kier alpha value is -1.53. The van der Waals surface area contributed by atoms with Crippen LogP contribution in [0.1, 0.15) is 23.8 Å². The fourth-order valence-electron chi connectivity index (χ4n) is 2.58. The lowest BCUT2D eigenvalue weighted by atomic mass is 10.2. The van der Waals surface area contributed by atoms with E-state index in [0.717, 1.165) is 13.1 Å². The topological polar surface area (TPSA) is 41.1 Å². The Kier molecular flexibility index (Phi) is 4.22. The summed E-state index contributed by atoms with van der Waals surface area (Å²) in [5.41, 5.74) is 0. The fraction of sp³-hybridized carbons (Fsp3) is 0.429. The van der Waals surface area contributed by atoms with Crippen molar-refractivity contribution in [2.75, 3.05) is 25.0 Å². The van der Waals surface area contributed by atoms with Gasteiger partial charge in [-0.2, -0.15) is 4.39 Å². The maximum Gasteiger partial charge on any atom is 0.255 e. The number of likely N-dealkylation sites (tertiary alicyclic amines) is 1. The summed E-state index contributed by atoms with van der Waals surface area (Å²) in [7, 11) is 0. The van der Waals surface area contributed by atoms with Gasteiger partial charge in [0.2, 0.25) is 0 Å². The van der Waals surface area contributed by atoms with E-state index in [1.165, 1.54) is 30.1 Å². The van der Waals surface area contributed by atoms with E-state index >= 15 is 0 Å². The fourth-order valence-corrected chi connectivity index (χ4v) is 3.44. The number of hydrogen-bond acceptors (Lipinski definition) is 5. The van der Waals surface area contributed by atoms with Crippen LogP contribution in [0.4, 0.5) is 10.2 Å². The molecule has 6 heteroatoms. The van der Waals surface area contributed by atoms with E-state index in [2.05, 4.69) is 37.7 Å². The molecule has 1 aliphatic heterocycles. The minimum absolute atomic E-state index is 0.230. The van der Waals surface area contributed by atoms with Crippen LogP contribution in [0.5, 0.6) is 0 Å². The second-order valence-corrected chi connectivity index (χ2v) is 5.83. The molecule has 3 rings (SSSR count). The first-order chi connectivity index (χ1) is 9.84. The number of hydrogen-bond donors (Lipinski definition) is 1. The standard InChI is InChI=1S/C14H17FN4S/c15-13-14(17-6-5-16-13)18-10-11(12-4-3-9-20-12)19-7-1-2-8-19/h3-6,9,11H,1-2,7-8,10H2,(H,17,18). The molecular weight excluding hydrogens is 275 g/mol. The van der Waals surface area contributed by atoms with Crippen LogP contribution < -0.4 is 5.32 Å². The third-order valence-electron chi connectivity index (χ3n) is 3.57. The van der Waals surface area contributed by atoms with Crippen LogP contribution in [0.2, 0.25) is 0 Å². The molecule has 20 heavy (non-hydrogen) atoms. The number of thiophene rings is 1. The van der Waals surface area contributed by atoms with Gasteiger partial charge in [-0.1, -0.05) is 6.07 Å². The predicted octanol–water partition coefficient (Wildman–Crippen LogP) is 2.93. The minimum atomic E-state index is -0.543. The first kappa shape index (κ1) is 13.5. The summed E-state index contributed by atoms with van der Waals surface area (Å²) in [5, 5.41) is 5.18. The van der Waals surface area contributed by atoms with Gasteiger partial charge >= 0.3 is 0 Å². The Bertz CT molecular complexity index is 540.